The predicted octanol–water partition coefficient (Wildman–Crippen LogP) is 2.53. The van der Waals surface area contributed by atoms with Crippen molar-refractivity contribution in [2.45, 2.75) is 26.6 Å². The van der Waals surface area contributed by atoms with Crippen LogP contribution in [-0.2, 0) is 24.4 Å². The molecule has 0 saturated heterocycles. The van der Waals surface area contributed by atoms with E-state index >= 15 is 0 Å². The van der Waals surface area contributed by atoms with Crippen LogP contribution in [0.3, 0.4) is 0 Å². The van der Waals surface area contributed by atoms with Crippen molar-refractivity contribution < 1.29 is 4.74 Å². The van der Waals surface area contributed by atoms with E-state index in [2.05, 4.69) is 33.5 Å². The van der Waals surface area contributed by atoms with Crippen molar-refractivity contribution in [2.24, 2.45) is 5.92 Å². The van der Waals surface area contributed by atoms with Gasteiger partial charge in [-0.1, -0.05) is 0 Å². The van der Waals surface area contributed by atoms with Gasteiger partial charge in [-0.2, -0.15) is 0 Å². The van der Waals surface area contributed by atoms with Gasteiger partial charge in [-0.15, -0.1) is 11.3 Å². The van der Waals surface area contributed by atoms with Crippen molar-refractivity contribution in [3.63, 3.8) is 0 Å². The lowest BCUT2D eigenvalue weighted by Gasteiger charge is -2.22. The Morgan fingerprint density at radius 2 is 2.30 bits per heavy atom. The van der Waals surface area contributed by atoms with Crippen LogP contribution in [0.15, 0.2) is 24.7 Å². The molecule has 3 heterocycles. The Kier molecular flexibility index (Phi) is 4.19. The molecule has 0 amide bonds. The molecule has 20 heavy (non-hydrogen) atoms. The van der Waals surface area contributed by atoms with Gasteiger partial charge in [-0.3, -0.25) is 4.90 Å². The molecule has 3 rings (SSSR count). The molecule has 0 N–H and O–H groups in total. The Hall–Kier alpha value is -1.17. The van der Waals surface area contributed by atoms with E-state index in [1.165, 1.54) is 15.4 Å². The van der Waals surface area contributed by atoms with E-state index in [1.807, 2.05) is 23.9 Å². The van der Waals surface area contributed by atoms with Gasteiger partial charge in [0.05, 0.1) is 18.6 Å². The van der Waals surface area contributed by atoms with Crippen LogP contribution in [0.25, 0.3) is 0 Å². The molecule has 0 spiro atoms. The maximum absolute atomic E-state index is 5.37. The van der Waals surface area contributed by atoms with Gasteiger partial charge in [0.15, 0.2) is 0 Å². The normalized spacial score (nSPS) is 19.8. The minimum atomic E-state index is 0.525. The highest BCUT2D eigenvalue weighted by molar-refractivity contribution is 7.11. The van der Waals surface area contributed by atoms with Gasteiger partial charge in [-0.05, 0) is 19.1 Å². The average molecular weight is 291 g/mol. The van der Waals surface area contributed by atoms with E-state index in [-0.39, 0.29) is 0 Å². The first-order valence-corrected chi connectivity index (χ1v) is 7.82. The number of fused-ring (bicyclic) bond motifs is 1. The zero-order valence-electron chi connectivity index (χ0n) is 12.1. The molecule has 0 radical (unpaired) electrons. The van der Waals surface area contributed by atoms with Crippen molar-refractivity contribution in [2.75, 3.05) is 20.3 Å². The fourth-order valence-corrected chi connectivity index (χ4v) is 3.82. The molecule has 0 fully saturated rings. The molecular formula is C15H21N3OS. The van der Waals surface area contributed by atoms with Crippen molar-refractivity contribution >= 4 is 11.3 Å². The first kappa shape index (κ1) is 13.8. The maximum Gasteiger partial charge on any atom is 0.0948 e. The lowest BCUT2D eigenvalue weighted by atomic mass is 10.1. The molecular weight excluding hydrogens is 270 g/mol. The highest BCUT2D eigenvalue weighted by Crippen LogP contribution is 2.22. The summed E-state index contributed by atoms with van der Waals surface area (Å²) in [7, 11) is 1.78. The summed E-state index contributed by atoms with van der Waals surface area (Å²) in [6.45, 7) is 7.04. The van der Waals surface area contributed by atoms with Gasteiger partial charge < -0.3 is 9.30 Å². The molecule has 0 aromatic carbocycles. The maximum atomic E-state index is 5.37. The molecule has 2 aromatic heterocycles. The van der Waals surface area contributed by atoms with Crippen LogP contribution in [-0.4, -0.2) is 34.7 Å². The van der Waals surface area contributed by atoms with Crippen molar-refractivity contribution in [1.29, 1.82) is 0 Å². The number of aromatic nitrogens is 2. The van der Waals surface area contributed by atoms with Gasteiger partial charge >= 0.3 is 0 Å². The van der Waals surface area contributed by atoms with Crippen LogP contribution >= 0.6 is 11.3 Å². The van der Waals surface area contributed by atoms with E-state index in [4.69, 9.17) is 4.74 Å². The van der Waals surface area contributed by atoms with Gasteiger partial charge in [0.2, 0.25) is 0 Å². The summed E-state index contributed by atoms with van der Waals surface area (Å²) in [5.74, 6) is 0.525. The Balaban J connectivity index is 1.76. The Morgan fingerprint density at radius 1 is 1.40 bits per heavy atom. The number of methoxy groups -OCH3 is 1. The number of nitrogens with zero attached hydrogens (tertiary/aromatic N) is 3. The fourth-order valence-electron chi connectivity index (χ4n) is 2.89. The Labute approximate surface area is 124 Å². The first-order valence-electron chi connectivity index (χ1n) is 7.00. The molecule has 0 saturated carbocycles. The SMILES string of the molecule is COCC1CN(Cc2ccc(C)s2)Cc2cncn2C1. The summed E-state index contributed by atoms with van der Waals surface area (Å²) in [6, 6.07) is 4.45. The van der Waals surface area contributed by atoms with Gasteiger partial charge in [0.1, 0.15) is 0 Å². The Bertz CT molecular complexity index is 563. The zero-order valence-corrected chi connectivity index (χ0v) is 12.9. The average Bonchev–Trinajstić information content (AvgIpc) is 2.96. The minimum absolute atomic E-state index is 0.525. The zero-order chi connectivity index (χ0) is 13.9. The lowest BCUT2D eigenvalue weighted by molar-refractivity contribution is 0.115. The topological polar surface area (TPSA) is 30.3 Å². The van der Waals surface area contributed by atoms with E-state index in [0.29, 0.717) is 5.92 Å². The second-order valence-corrected chi connectivity index (χ2v) is 6.91. The standard InChI is InChI=1S/C15H21N3OS/c1-12-3-4-15(20-12)9-17-6-13(10-19-2)7-18-11-16-5-14(18)8-17/h3-5,11,13H,6-10H2,1-2H3. The third-order valence-corrected chi connectivity index (χ3v) is 4.72. The molecule has 1 atom stereocenters. The van der Waals surface area contributed by atoms with Crippen molar-refractivity contribution in [3.8, 4) is 0 Å². The van der Waals surface area contributed by atoms with Crippen LogP contribution in [0.4, 0.5) is 0 Å². The molecule has 0 aliphatic carbocycles. The van der Waals surface area contributed by atoms with Crippen LogP contribution < -0.4 is 0 Å². The fraction of sp³-hybridized carbons (Fsp3) is 0.533. The summed E-state index contributed by atoms with van der Waals surface area (Å²) >= 11 is 1.89. The molecule has 1 aliphatic heterocycles. The Morgan fingerprint density at radius 3 is 3.05 bits per heavy atom. The third kappa shape index (κ3) is 3.11. The predicted molar refractivity (Wildman–Crippen MR) is 80.8 cm³/mol. The highest BCUT2D eigenvalue weighted by atomic mass is 32.1. The van der Waals surface area contributed by atoms with Gasteiger partial charge in [-0.25, -0.2) is 4.98 Å². The summed E-state index contributed by atoms with van der Waals surface area (Å²) in [6.07, 6.45) is 3.93. The number of hydrogen-bond acceptors (Lipinski definition) is 4. The third-order valence-electron chi connectivity index (χ3n) is 3.73. The highest BCUT2D eigenvalue weighted by Gasteiger charge is 2.22. The molecule has 4 nitrogen and oxygen atoms in total. The van der Waals surface area contributed by atoms with E-state index in [1.54, 1.807) is 7.11 Å². The lowest BCUT2D eigenvalue weighted by Crippen LogP contribution is -2.29. The number of hydrogen-bond donors (Lipinski definition) is 0. The quantitative estimate of drug-likeness (QED) is 0.867. The number of imidazole rings is 1. The minimum Gasteiger partial charge on any atom is -0.384 e. The van der Waals surface area contributed by atoms with Crippen LogP contribution in [0.5, 0.6) is 0 Å². The second-order valence-electron chi connectivity index (χ2n) is 5.54. The van der Waals surface area contributed by atoms with Gasteiger partial charge in [0, 0.05) is 55.2 Å². The molecule has 108 valence electrons. The van der Waals surface area contributed by atoms with Crippen molar-refractivity contribution in [3.05, 3.63) is 40.1 Å². The van der Waals surface area contributed by atoms with E-state index in [0.717, 1.165) is 32.8 Å². The van der Waals surface area contributed by atoms with Crippen LogP contribution in [0.2, 0.25) is 0 Å². The largest absolute Gasteiger partial charge is 0.384 e. The van der Waals surface area contributed by atoms with E-state index in [9.17, 15) is 0 Å². The van der Waals surface area contributed by atoms with Crippen LogP contribution in [0, 0.1) is 12.8 Å². The number of thiophene rings is 1. The van der Waals surface area contributed by atoms with Crippen molar-refractivity contribution in [1.82, 2.24) is 14.5 Å². The smallest absolute Gasteiger partial charge is 0.0948 e. The van der Waals surface area contributed by atoms with Gasteiger partial charge in [0.25, 0.3) is 0 Å². The second kappa shape index (κ2) is 6.08. The molecule has 1 aliphatic rings. The number of ether oxygens (including phenoxy) is 1. The molecule has 2 aromatic rings. The molecule has 1 unspecified atom stereocenters. The van der Waals surface area contributed by atoms with Crippen LogP contribution in [0.1, 0.15) is 15.4 Å². The summed E-state index contributed by atoms with van der Waals surface area (Å²) < 4.78 is 7.64. The summed E-state index contributed by atoms with van der Waals surface area (Å²) in [4.78, 5) is 9.61. The van der Waals surface area contributed by atoms with E-state index < -0.39 is 0 Å². The monoisotopic (exact) mass is 291 g/mol. The molecule has 0 bridgehead atoms. The summed E-state index contributed by atoms with van der Waals surface area (Å²) in [5.41, 5.74) is 1.30. The number of aryl methyl sites for hydroxylation is 1. The number of rotatable bonds is 4. The first-order chi connectivity index (χ1) is 9.74. The molecule has 5 heteroatoms. The summed E-state index contributed by atoms with van der Waals surface area (Å²) in [5, 5.41) is 0.